The lowest BCUT2D eigenvalue weighted by Gasteiger charge is -2.12. The first-order chi connectivity index (χ1) is 10.0. The summed E-state index contributed by atoms with van der Waals surface area (Å²) in [4.78, 5) is 12.4. The molecule has 0 aliphatic rings. The standard InChI is InChI=1S/C16H14ClN3O/c1-10-3-6-14(19-2)12(7-10)16(21)20-15-8-11(9-18)4-5-13(15)17/h3-8,19H,1-2H3,(H,20,21). The Morgan fingerprint density at radius 3 is 2.62 bits per heavy atom. The van der Waals surface area contributed by atoms with Crippen molar-refractivity contribution < 1.29 is 4.79 Å². The molecule has 0 unspecified atom stereocenters. The fourth-order valence-corrected chi connectivity index (χ4v) is 2.11. The predicted octanol–water partition coefficient (Wildman–Crippen LogP) is 3.81. The van der Waals surface area contributed by atoms with Crippen LogP contribution >= 0.6 is 11.6 Å². The van der Waals surface area contributed by atoms with E-state index in [-0.39, 0.29) is 5.91 Å². The molecular formula is C16H14ClN3O. The first kappa shape index (κ1) is 14.9. The van der Waals surface area contributed by atoms with Crippen molar-refractivity contribution in [3.05, 3.63) is 58.1 Å². The van der Waals surface area contributed by atoms with Crippen LogP contribution in [0.25, 0.3) is 0 Å². The third kappa shape index (κ3) is 3.33. The summed E-state index contributed by atoms with van der Waals surface area (Å²) in [6, 6.07) is 12.3. The van der Waals surface area contributed by atoms with Gasteiger partial charge < -0.3 is 10.6 Å². The van der Waals surface area contributed by atoms with Gasteiger partial charge in [0.2, 0.25) is 0 Å². The van der Waals surface area contributed by atoms with Crippen molar-refractivity contribution in [2.45, 2.75) is 6.92 Å². The highest BCUT2D eigenvalue weighted by Gasteiger charge is 2.13. The number of nitrogens with zero attached hydrogens (tertiary/aromatic N) is 1. The molecule has 5 heteroatoms. The summed E-state index contributed by atoms with van der Waals surface area (Å²) in [7, 11) is 1.75. The number of anilines is 2. The van der Waals surface area contributed by atoms with Crippen LogP contribution in [0.5, 0.6) is 0 Å². The van der Waals surface area contributed by atoms with E-state index in [1.165, 1.54) is 0 Å². The molecule has 0 radical (unpaired) electrons. The van der Waals surface area contributed by atoms with Gasteiger partial charge in [0, 0.05) is 12.7 Å². The number of rotatable bonds is 3. The minimum atomic E-state index is -0.278. The van der Waals surface area contributed by atoms with Gasteiger partial charge in [0.05, 0.1) is 27.9 Å². The molecule has 0 bridgehead atoms. The number of hydrogen-bond acceptors (Lipinski definition) is 3. The molecule has 0 heterocycles. The number of nitrogens with one attached hydrogen (secondary N) is 2. The number of amides is 1. The smallest absolute Gasteiger partial charge is 0.257 e. The predicted molar refractivity (Wildman–Crippen MR) is 84.8 cm³/mol. The van der Waals surface area contributed by atoms with Gasteiger partial charge >= 0.3 is 0 Å². The lowest BCUT2D eigenvalue weighted by atomic mass is 10.1. The number of hydrogen-bond donors (Lipinski definition) is 2. The Bertz CT molecular complexity index is 735. The normalized spacial score (nSPS) is 9.81. The lowest BCUT2D eigenvalue weighted by molar-refractivity contribution is 0.102. The van der Waals surface area contributed by atoms with Gasteiger partial charge in [0.1, 0.15) is 0 Å². The van der Waals surface area contributed by atoms with E-state index in [4.69, 9.17) is 16.9 Å². The molecule has 21 heavy (non-hydrogen) atoms. The highest BCUT2D eigenvalue weighted by molar-refractivity contribution is 6.34. The molecule has 0 spiro atoms. The molecule has 0 saturated heterocycles. The van der Waals surface area contributed by atoms with Gasteiger partial charge in [-0.3, -0.25) is 4.79 Å². The first-order valence-electron chi connectivity index (χ1n) is 6.34. The van der Waals surface area contributed by atoms with Crippen LogP contribution in [0.4, 0.5) is 11.4 Å². The monoisotopic (exact) mass is 299 g/mol. The Morgan fingerprint density at radius 1 is 1.19 bits per heavy atom. The molecule has 0 fully saturated rings. The maximum Gasteiger partial charge on any atom is 0.257 e. The maximum atomic E-state index is 12.4. The molecule has 2 aromatic rings. The molecule has 0 atom stereocenters. The molecule has 0 aromatic heterocycles. The van der Waals surface area contributed by atoms with Gasteiger partial charge in [-0.15, -0.1) is 0 Å². The van der Waals surface area contributed by atoms with Crippen molar-refractivity contribution in [2.24, 2.45) is 0 Å². The molecule has 0 aliphatic heterocycles. The Morgan fingerprint density at radius 2 is 1.95 bits per heavy atom. The molecular weight excluding hydrogens is 286 g/mol. The number of carbonyl (C=O) groups excluding carboxylic acids is 1. The number of halogens is 1. The van der Waals surface area contributed by atoms with Gasteiger partial charge in [-0.1, -0.05) is 23.2 Å². The highest BCUT2D eigenvalue weighted by Crippen LogP contribution is 2.25. The second kappa shape index (κ2) is 6.29. The van der Waals surface area contributed by atoms with Gasteiger partial charge in [-0.05, 0) is 37.3 Å². The minimum Gasteiger partial charge on any atom is -0.387 e. The molecule has 1 amide bonds. The van der Waals surface area contributed by atoms with Crippen molar-refractivity contribution in [2.75, 3.05) is 17.7 Å². The Balaban J connectivity index is 2.35. The van der Waals surface area contributed by atoms with Crippen molar-refractivity contribution in [1.82, 2.24) is 0 Å². The average molecular weight is 300 g/mol. The topological polar surface area (TPSA) is 64.9 Å². The molecule has 4 nitrogen and oxygen atoms in total. The zero-order valence-corrected chi connectivity index (χ0v) is 12.5. The van der Waals surface area contributed by atoms with Crippen LogP contribution in [-0.4, -0.2) is 13.0 Å². The molecule has 106 valence electrons. The van der Waals surface area contributed by atoms with E-state index in [1.54, 1.807) is 31.3 Å². The van der Waals surface area contributed by atoms with Crippen LogP contribution in [0.1, 0.15) is 21.5 Å². The summed E-state index contributed by atoms with van der Waals surface area (Å²) >= 11 is 6.05. The van der Waals surface area contributed by atoms with E-state index in [0.717, 1.165) is 11.3 Å². The average Bonchev–Trinajstić information content (AvgIpc) is 2.49. The number of benzene rings is 2. The summed E-state index contributed by atoms with van der Waals surface area (Å²) < 4.78 is 0. The second-order valence-electron chi connectivity index (χ2n) is 4.56. The molecule has 0 aliphatic carbocycles. The quantitative estimate of drug-likeness (QED) is 0.905. The highest BCUT2D eigenvalue weighted by atomic mass is 35.5. The van der Waals surface area contributed by atoms with Crippen molar-refractivity contribution in [3.63, 3.8) is 0 Å². The van der Waals surface area contributed by atoms with E-state index in [0.29, 0.717) is 21.8 Å². The second-order valence-corrected chi connectivity index (χ2v) is 4.97. The molecule has 2 rings (SSSR count). The van der Waals surface area contributed by atoms with Gasteiger partial charge in [0.25, 0.3) is 5.91 Å². The van der Waals surface area contributed by atoms with Crippen molar-refractivity contribution >= 4 is 28.9 Å². The minimum absolute atomic E-state index is 0.278. The summed E-state index contributed by atoms with van der Waals surface area (Å²) in [5.74, 6) is -0.278. The molecule has 0 saturated carbocycles. The zero-order chi connectivity index (χ0) is 15.4. The van der Waals surface area contributed by atoms with Crippen molar-refractivity contribution in [3.8, 4) is 6.07 Å². The Labute approximate surface area is 128 Å². The largest absolute Gasteiger partial charge is 0.387 e. The maximum absolute atomic E-state index is 12.4. The SMILES string of the molecule is CNc1ccc(C)cc1C(=O)Nc1cc(C#N)ccc1Cl. The van der Waals surface area contributed by atoms with Gasteiger partial charge in [-0.25, -0.2) is 0 Å². The van der Waals surface area contributed by atoms with Crippen LogP contribution in [0.2, 0.25) is 5.02 Å². The van der Waals surface area contributed by atoms with E-state index in [9.17, 15) is 4.79 Å². The number of carbonyl (C=O) groups is 1. The van der Waals surface area contributed by atoms with Crippen molar-refractivity contribution in [1.29, 1.82) is 5.26 Å². The van der Waals surface area contributed by atoms with E-state index in [2.05, 4.69) is 10.6 Å². The zero-order valence-electron chi connectivity index (χ0n) is 11.7. The Kier molecular flexibility index (Phi) is 4.46. The fourth-order valence-electron chi connectivity index (χ4n) is 1.94. The van der Waals surface area contributed by atoms with Crippen LogP contribution in [0.15, 0.2) is 36.4 Å². The number of aryl methyl sites for hydroxylation is 1. The first-order valence-corrected chi connectivity index (χ1v) is 6.72. The van der Waals surface area contributed by atoms with E-state index >= 15 is 0 Å². The van der Waals surface area contributed by atoms with Crippen LogP contribution < -0.4 is 10.6 Å². The van der Waals surface area contributed by atoms with Crippen LogP contribution in [-0.2, 0) is 0 Å². The molecule has 2 N–H and O–H groups in total. The summed E-state index contributed by atoms with van der Waals surface area (Å²) in [5.41, 5.74) is 3.09. The Hall–Kier alpha value is -2.51. The van der Waals surface area contributed by atoms with E-state index < -0.39 is 0 Å². The third-order valence-electron chi connectivity index (χ3n) is 3.03. The molecule has 2 aromatic carbocycles. The van der Waals surface area contributed by atoms with Gasteiger partial charge in [0.15, 0.2) is 0 Å². The summed E-state index contributed by atoms with van der Waals surface area (Å²) in [5, 5.41) is 15.0. The number of nitriles is 1. The third-order valence-corrected chi connectivity index (χ3v) is 3.36. The van der Waals surface area contributed by atoms with Gasteiger partial charge in [-0.2, -0.15) is 5.26 Å². The summed E-state index contributed by atoms with van der Waals surface area (Å²) in [6.07, 6.45) is 0. The fraction of sp³-hybridized carbons (Fsp3) is 0.125. The van der Waals surface area contributed by atoms with Crippen LogP contribution in [0, 0.1) is 18.3 Å². The van der Waals surface area contributed by atoms with Crippen LogP contribution in [0.3, 0.4) is 0 Å². The lowest BCUT2D eigenvalue weighted by Crippen LogP contribution is -2.14. The summed E-state index contributed by atoms with van der Waals surface area (Å²) in [6.45, 7) is 1.92. The van der Waals surface area contributed by atoms with E-state index in [1.807, 2.05) is 25.1 Å².